The molecule has 0 saturated heterocycles. The summed E-state index contributed by atoms with van der Waals surface area (Å²) in [6, 6.07) is 12.4. The fraction of sp³-hybridized carbons (Fsp3) is 0.263. The Morgan fingerprint density at radius 3 is 2.56 bits per heavy atom. The van der Waals surface area contributed by atoms with Crippen molar-refractivity contribution in [2.24, 2.45) is 14.1 Å². The molecule has 0 aliphatic rings. The largest absolute Gasteiger partial charge is 0.494 e. The number of aromatic nitrogens is 3. The summed E-state index contributed by atoms with van der Waals surface area (Å²) in [6.45, 7) is 0.890. The summed E-state index contributed by atoms with van der Waals surface area (Å²) in [7, 11) is 2.92. The van der Waals surface area contributed by atoms with Crippen LogP contribution in [0.25, 0.3) is 11.0 Å². The first-order chi connectivity index (χ1) is 13.0. The van der Waals surface area contributed by atoms with Crippen molar-refractivity contribution >= 4 is 16.9 Å². The van der Waals surface area contributed by atoms with Gasteiger partial charge in [-0.1, -0.05) is 18.2 Å². The Kier molecular flexibility index (Phi) is 5.35. The van der Waals surface area contributed by atoms with Crippen LogP contribution in [0, 0.1) is 0 Å². The minimum atomic E-state index is -0.490. The number of rotatable bonds is 6. The number of pyridine rings is 1. The highest BCUT2D eigenvalue weighted by Gasteiger charge is 2.13. The van der Waals surface area contributed by atoms with E-state index in [0.717, 1.165) is 10.3 Å². The normalized spacial score (nSPS) is 10.7. The molecule has 0 bridgehead atoms. The van der Waals surface area contributed by atoms with Gasteiger partial charge in [0.1, 0.15) is 17.1 Å². The molecule has 1 N–H and O–H groups in total. The lowest BCUT2D eigenvalue weighted by molar-refractivity contribution is 0.0947. The number of hydrogen-bond acceptors (Lipinski definition) is 5. The van der Waals surface area contributed by atoms with Crippen molar-refractivity contribution in [1.29, 1.82) is 0 Å². The van der Waals surface area contributed by atoms with E-state index in [0.29, 0.717) is 19.6 Å². The molecule has 1 amide bonds. The van der Waals surface area contributed by atoms with Gasteiger partial charge in [-0.15, -0.1) is 0 Å². The van der Waals surface area contributed by atoms with Gasteiger partial charge >= 0.3 is 5.69 Å². The highest BCUT2D eigenvalue weighted by Crippen LogP contribution is 2.08. The predicted octanol–water partition coefficient (Wildman–Crippen LogP) is 0.831. The van der Waals surface area contributed by atoms with Crippen LogP contribution in [0.4, 0.5) is 0 Å². The zero-order valence-corrected chi connectivity index (χ0v) is 15.1. The maximum Gasteiger partial charge on any atom is 0.332 e. The molecule has 8 nitrogen and oxygen atoms in total. The number of nitrogens with zero attached hydrogens (tertiary/aromatic N) is 3. The van der Waals surface area contributed by atoms with E-state index >= 15 is 0 Å². The molecule has 0 saturated carbocycles. The topological polar surface area (TPSA) is 95.2 Å². The summed E-state index contributed by atoms with van der Waals surface area (Å²) >= 11 is 0. The standard InChI is InChI=1S/C19H20N4O4/c1-22-16-14(18(25)23(2)19(22)26)9-10-15(21-16)17(24)20-11-6-12-27-13-7-4-3-5-8-13/h3-5,7-10H,6,11-12H2,1-2H3,(H,20,24). The third kappa shape index (κ3) is 3.89. The molecule has 3 aromatic rings. The van der Waals surface area contributed by atoms with Crippen LogP contribution < -0.4 is 21.3 Å². The van der Waals surface area contributed by atoms with Crippen molar-refractivity contribution in [3.63, 3.8) is 0 Å². The maximum atomic E-state index is 12.3. The van der Waals surface area contributed by atoms with E-state index in [4.69, 9.17) is 4.74 Å². The first-order valence-corrected chi connectivity index (χ1v) is 8.52. The van der Waals surface area contributed by atoms with Crippen LogP contribution in [0.1, 0.15) is 16.9 Å². The van der Waals surface area contributed by atoms with Gasteiger partial charge in [0.25, 0.3) is 11.5 Å². The first-order valence-electron chi connectivity index (χ1n) is 8.52. The van der Waals surface area contributed by atoms with Crippen molar-refractivity contribution in [2.45, 2.75) is 6.42 Å². The number of benzene rings is 1. The molecule has 1 aromatic carbocycles. The molecule has 0 radical (unpaired) electrons. The molecule has 2 aromatic heterocycles. The van der Waals surface area contributed by atoms with E-state index in [1.165, 1.54) is 30.8 Å². The SMILES string of the molecule is Cn1c(=O)c2ccc(C(=O)NCCCOc3ccccc3)nc2n(C)c1=O. The van der Waals surface area contributed by atoms with Crippen molar-refractivity contribution in [2.75, 3.05) is 13.2 Å². The molecule has 0 aliphatic carbocycles. The van der Waals surface area contributed by atoms with Crippen molar-refractivity contribution in [3.05, 3.63) is 69.0 Å². The van der Waals surface area contributed by atoms with Gasteiger partial charge in [-0.05, 0) is 30.7 Å². The van der Waals surface area contributed by atoms with Crippen molar-refractivity contribution in [3.8, 4) is 5.75 Å². The number of hydrogen-bond donors (Lipinski definition) is 1. The van der Waals surface area contributed by atoms with Crippen LogP contribution in [0.3, 0.4) is 0 Å². The fourth-order valence-electron chi connectivity index (χ4n) is 2.65. The van der Waals surface area contributed by atoms with E-state index < -0.39 is 11.2 Å². The third-order valence-electron chi connectivity index (χ3n) is 4.15. The number of fused-ring (bicyclic) bond motifs is 1. The monoisotopic (exact) mass is 368 g/mol. The molecule has 0 unspecified atom stereocenters. The molecule has 8 heteroatoms. The number of para-hydroxylation sites is 1. The van der Waals surface area contributed by atoms with Crippen LogP contribution in [0.15, 0.2) is 52.1 Å². The Morgan fingerprint density at radius 2 is 1.81 bits per heavy atom. The maximum absolute atomic E-state index is 12.3. The number of carbonyl (C=O) groups is 1. The minimum absolute atomic E-state index is 0.148. The lowest BCUT2D eigenvalue weighted by Crippen LogP contribution is -2.37. The van der Waals surface area contributed by atoms with E-state index in [-0.39, 0.29) is 22.6 Å². The minimum Gasteiger partial charge on any atom is -0.494 e. The summed E-state index contributed by atoms with van der Waals surface area (Å²) in [5.74, 6) is 0.409. The molecule has 0 spiro atoms. The van der Waals surface area contributed by atoms with Gasteiger partial charge in [0, 0.05) is 20.6 Å². The van der Waals surface area contributed by atoms with E-state index in [1.54, 1.807) is 0 Å². The summed E-state index contributed by atoms with van der Waals surface area (Å²) < 4.78 is 7.82. The van der Waals surface area contributed by atoms with Crippen molar-refractivity contribution < 1.29 is 9.53 Å². The molecule has 0 atom stereocenters. The summed E-state index contributed by atoms with van der Waals surface area (Å²) in [6.07, 6.45) is 0.632. The van der Waals surface area contributed by atoms with Crippen LogP contribution >= 0.6 is 0 Å². The zero-order valence-electron chi connectivity index (χ0n) is 15.1. The molecule has 2 heterocycles. The number of aryl methyl sites for hydroxylation is 1. The van der Waals surface area contributed by atoms with Gasteiger partial charge in [0.05, 0.1) is 12.0 Å². The van der Waals surface area contributed by atoms with Gasteiger partial charge in [-0.2, -0.15) is 0 Å². The summed E-state index contributed by atoms with van der Waals surface area (Å²) in [5.41, 5.74) is -0.598. The van der Waals surface area contributed by atoms with Crippen LogP contribution in [0.2, 0.25) is 0 Å². The van der Waals surface area contributed by atoms with E-state index in [2.05, 4.69) is 10.3 Å². The number of ether oxygens (including phenoxy) is 1. The Balaban J connectivity index is 1.64. The highest BCUT2D eigenvalue weighted by atomic mass is 16.5. The quantitative estimate of drug-likeness (QED) is 0.651. The van der Waals surface area contributed by atoms with Crippen LogP contribution in [-0.2, 0) is 14.1 Å². The fourth-order valence-corrected chi connectivity index (χ4v) is 2.65. The molecule has 0 aliphatic heterocycles. The summed E-state index contributed by atoms with van der Waals surface area (Å²) in [4.78, 5) is 40.6. The molecular formula is C19H20N4O4. The molecule has 3 rings (SSSR count). The number of amides is 1. The predicted molar refractivity (Wildman–Crippen MR) is 101 cm³/mol. The second kappa shape index (κ2) is 7.86. The number of nitrogens with one attached hydrogen (secondary N) is 1. The smallest absolute Gasteiger partial charge is 0.332 e. The van der Waals surface area contributed by atoms with Crippen LogP contribution in [-0.4, -0.2) is 33.2 Å². The zero-order chi connectivity index (χ0) is 19.4. The van der Waals surface area contributed by atoms with Gasteiger partial charge in [0.2, 0.25) is 0 Å². The molecule has 27 heavy (non-hydrogen) atoms. The molecule has 140 valence electrons. The first kappa shape index (κ1) is 18.4. The second-order valence-corrected chi connectivity index (χ2v) is 6.04. The van der Waals surface area contributed by atoms with Gasteiger partial charge in [0.15, 0.2) is 0 Å². The Hall–Kier alpha value is -3.42. The van der Waals surface area contributed by atoms with E-state index in [9.17, 15) is 14.4 Å². The summed E-state index contributed by atoms with van der Waals surface area (Å²) in [5, 5.41) is 3.04. The highest BCUT2D eigenvalue weighted by molar-refractivity contribution is 5.94. The Morgan fingerprint density at radius 1 is 1.07 bits per heavy atom. The van der Waals surface area contributed by atoms with Crippen molar-refractivity contribution in [1.82, 2.24) is 19.4 Å². The lowest BCUT2D eigenvalue weighted by atomic mass is 10.2. The second-order valence-electron chi connectivity index (χ2n) is 6.04. The Bertz CT molecular complexity index is 1090. The van der Waals surface area contributed by atoms with Gasteiger partial charge in [-0.3, -0.25) is 18.7 Å². The van der Waals surface area contributed by atoms with Crippen LogP contribution in [0.5, 0.6) is 5.75 Å². The van der Waals surface area contributed by atoms with E-state index in [1.807, 2.05) is 30.3 Å². The average Bonchev–Trinajstić information content (AvgIpc) is 2.70. The Labute approximate surface area is 155 Å². The lowest BCUT2D eigenvalue weighted by Gasteiger charge is -2.09. The van der Waals surface area contributed by atoms with Gasteiger partial charge < -0.3 is 10.1 Å². The number of carbonyl (C=O) groups excluding carboxylic acids is 1. The molecule has 0 fully saturated rings. The third-order valence-corrected chi connectivity index (χ3v) is 4.15. The molecular weight excluding hydrogens is 348 g/mol. The average molecular weight is 368 g/mol. The van der Waals surface area contributed by atoms with Gasteiger partial charge in [-0.25, -0.2) is 9.78 Å².